The molecule has 0 saturated carbocycles. The quantitative estimate of drug-likeness (QED) is 0.263. The first-order chi connectivity index (χ1) is 19.7. The fourth-order valence-corrected chi connectivity index (χ4v) is 5.55. The molecule has 2 fully saturated rings. The lowest BCUT2D eigenvalue weighted by Gasteiger charge is -2.21. The number of urea groups is 1. The SMILES string of the molecule is CC(C)(C)c1cc(NC(=O)Nc2ccc(-c3cn4cc(OCCCN5CCC6(CCOC6)C5)ccc4n3)cc2)no1. The van der Waals surface area contributed by atoms with Gasteiger partial charge in [0, 0.05) is 54.0 Å². The first-order valence-electron chi connectivity index (χ1n) is 14.3. The summed E-state index contributed by atoms with van der Waals surface area (Å²) in [4.78, 5) is 19.7. The van der Waals surface area contributed by atoms with Crippen molar-refractivity contribution >= 4 is 23.2 Å². The van der Waals surface area contributed by atoms with Gasteiger partial charge in [-0.1, -0.05) is 38.1 Å². The number of rotatable bonds is 8. The Morgan fingerprint density at radius 3 is 2.71 bits per heavy atom. The minimum Gasteiger partial charge on any atom is -0.492 e. The van der Waals surface area contributed by atoms with Gasteiger partial charge in [0.15, 0.2) is 5.82 Å². The number of hydrogen-bond donors (Lipinski definition) is 2. The van der Waals surface area contributed by atoms with E-state index in [-0.39, 0.29) is 11.4 Å². The molecule has 2 amide bonds. The summed E-state index contributed by atoms with van der Waals surface area (Å²) in [5.41, 5.74) is 3.52. The molecular weight excluding hydrogens is 520 g/mol. The van der Waals surface area contributed by atoms with Crippen molar-refractivity contribution in [3.05, 3.63) is 60.6 Å². The van der Waals surface area contributed by atoms with Gasteiger partial charge in [-0.15, -0.1) is 0 Å². The topological polar surface area (TPSA) is 106 Å². The average molecular weight is 559 g/mol. The molecule has 1 aromatic carbocycles. The number of likely N-dealkylation sites (tertiary alicyclic amines) is 1. The van der Waals surface area contributed by atoms with Crippen LogP contribution in [0.4, 0.5) is 16.3 Å². The number of nitrogens with one attached hydrogen (secondary N) is 2. The number of carbonyl (C=O) groups is 1. The highest BCUT2D eigenvalue weighted by Crippen LogP contribution is 2.38. The lowest BCUT2D eigenvalue weighted by Crippen LogP contribution is -2.28. The summed E-state index contributed by atoms with van der Waals surface area (Å²) in [6.07, 6.45) is 7.42. The monoisotopic (exact) mass is 558 g/mol. The van der Waals surface area contributed by atoms with Gasteiger partial charge < -0.3 is 28.6 Å². The molecule has 5 heterocycles. The molecule has 0 bridgehead atoms. The molecule has 41 heavy (non-hydrogen) atoms. The van der Waals surface area contributed by atoms with E-state index in [1.807, 2.05) is 74.0 Å². The number of pyridine rings is 1. The van der Waals surface area contributed by atoms with Crippen molar-refractivity contribution in [2.75, 3.05) is 50.1 Å². The van der Waals surface area contributed by atoms with Crippen LogP contribution in [0.3, 0.4) is 0 Å². The van der Waals surface area contributed by atoms with Crippen LogP contribution >= 0.6 is 0 Å². The van der Waals surface area contributed by atoms with Crippen LogP contribution in [0.1, 0.15) is 45.8 Å². The molecule has 2 aliphatic rings. The van der Waals surface area contributed by atoms with Crippen molar-refractivity contribution in [3.63, 3.8) is 0 Å². The first kappa shape index (κ1) is 27.3. The zero-order valence-electron chi connectivity index (χ0n) is 24.0. The fourth-order valence-electron chi connectivity index (χ4n) is 5.55. The van der Waals surface area contributed by atoms with E-state index in [0.717, 1.165) is 55.4 Å². The molecule has 0 radical (unpaired) electrons. The highest BCUT2D eigenvalue weighted by atomic mass is 16.5. The van der Waals surface area contributed by atoms with Gasteiger partial charge in [-0.2, -0.15) is 0 Å². The minimum absolute atomic E-state index is 0.186. The van der Waals surface area contributed by atoms with Gasteiger partial charge in [0.1, 0.15) is 17.2 Å². The zero-order chi connectivity index (χ0) is 28.5. The van der Waals surface area contributed by atoms with Crippen molar-refractivity contribution in [3.8, 4) is 17.0 Å². The number of ether oxygens (including phenoxy) is 2. The average Bonchev–Trinajstić information content (AvgIpc) is 3.75. The van der Waals surface area contributed by atoms with Gasteiger partial charge in [-0.3, -0.25) is 5.32 Å². The third kappa shape index (κ3) is 6.39. The van der Waals surface area contributed by atoms with Crippen LogP contribution in [-0.4, -0.2) is 64.9 Å². The van der Waals surface area contributed by atoms with Gasteiger partial charge in [0.25, 0.3) is 0 Å². The van der Waals surface area contributed by atoms with Gasteiger partial charge in [0.2, 0.25) is 0 Å². The lowest BCUT2D eigenvalue weighted by molar-refractivity contribution is 0.151. The van der Waals surface area contributed by atoms with Crippen molar-refractivity contribution in [1.82, 2.24) is 19.4 Å². The van der Waals surface area contributed by atoms with Crippen LogP contribution in [0.15, 0.2) is 59.4 Å². The van der Waals surface area contributed by atoms with E-state index >= 15 is 0 Å². The molecule has 6 rings (SSSR count). The summed E-state index contributed by atoms with van der Waals surface area (Å²) in [6.45, 7) is 12.0. The van der Waals surface area contributed by atoms with Crippen molar-refractivity contribution in [2.45, 2.75) is 45.4 Å². The molecule has 1 atom stereocenters. The van der Waals surface area contributed by atoms with E-state index in [1.54, 1.807) is 6.07 Å². The Morgan fingerprint density at radius 1 is 1.10 bits per heavy atom. The number of amides is 2. The van der Waals surface area contributed by atoms with E-state index in [1.165, 1.54) is 19.4 Å². The summed E-state index contributed by atoms with van der Waals surface area (Å²) in [7, 11) is 0. The lowest BCUT2D eigenvalue weighted by atomic mass is 9.87. The van der Waals surface area contributed by atoms with E-state index < -0.39 is 0 Å². The Bertz CT molecular complexity index is 1500. The molecule has 2 saturated heterocycles. The zero-order valence-corrected chi connectivity index (χ0v) is 24.0. The number of anilines is 2. The Labute approximate surface area is 240 Å². The largest absolute Gasteiger partial charge is 0.492 e. The van der Waals surface area contributed by atoms with Crippen LogP contribution in [0.5, 0.6) is 5.75 Å². The molecule has 0 aliphatic carbocycles. The number of fused-ring (bicyclic) bond motifs is 1. The van der Waals surface area contributed by atoms with E-state index in [9.17, 15) is 4.79 Å². The fraction of sp³-hybridized carbons (Fsp3) is 0.452. The smallest absolute Gasteiger partial charge is 0.324 e. The van der Waals surface area contributed by atoms with Crippen LogP contribution in [0, 0.1) is 5.41 Å². The van der Waals surface area contributed by atoms with Crippen molar-refractivity contribution in [2.24, 2.45) is 5.41 Å². The minimum atomic E-state index is -0.389. The Morgan fingerprint density at radius 2 is 1.95 bits per heavy atom. The second kappa shape index (κ2) is 11.2. The number of hydrogen-bond acceptors (Lipinski definition) is 7. The third-order valence-corrected chi connectivity index (χ3v) is 7.94. The summed E-state index contributed by atoms with van der Waals surface area (Å²) in [5, 5.41) is 9.45. The molecule has 216 valence electrons. The standard InChI is InChI=1S/C31H38N6O4/c1-30(2,3)26-17-27(35-41-26)34-29(38)32-23-7-5-22(6-8-23)25-19-37-18-24(9-10-28(37)33-25)40-15-4-13-36-14-11-31(20-36)12-16-39-21-31/h5-10,17-19H,4,11-16,20-21H2,1-3H3,(H2,32,34,35,38). The molecule has 1 unspecified atom stereocenters. The van der Waals surface area contributed by atoms with Crippen molar-refractivity contribution in [1.29, 1.82) is 0 Å². The number of nitrogens with zero attached hydrogens (tertiary/aromatic N) is 4. The molecule has 2 aliphatic heterocycles. The Kier molecular flexibility index (Phi) is 7.44. The summed E-state index contributed by atoms with van der Waals surface area (Å²) >= 11 is 0. The second-order valence-corrected chi connectivity index (χ2v) is 12.3. The number of benzene rings is 1. The van der Waals surface area contributed by atoms with E-state index in [0.29, 0.717) is 29.3 Å². The van der Waals surface area contributed by atoms with Crippen LogP contribution < -0.4 is 15.4 Å². The number of carbonyl (C=O) groups excluding carboxylic acids is 1. The molecular formula is C31H38N6O4. The maximum Gasteiger partial charge on any atom is 0.324 e. The van der Waals surface area contributed by atoms with Crippen LogP contribution in [-0.2, 0) is 10.2 Å². The van der Waals surface area contributed by atoms with Crippen LogP contribution in [0.25, 0.3) is 16.9 Å². The molecule has 3 aromatic heterocycles. The molecule has 2 N–H and O–H groups in total. The first-order valence-corrected chi connectivity index (χ1v) is 14.3. The van der Waals surface area contributed by atoms with E-state index in [4.69, 9.17) is 19.0 Å². The van der Waals surface area contributed by atoms with Crippen LogP contribution in [0.2, 0.25) is 0 Å². The van der Waals surface area contributed by atoms with Gasteiger partial charge >= 0.3 is 6.03 Å². The predicted molar refractivity (Wildman–Crippen MR) is 158 cm³/mol. The Hall–Kier alpha value is -3.89. The van der Waals surface area contributed by atoms with Gasteiger partial charge in [-0.25, -0.2) is 9.78 Å². The predicted octanol–water partition coefficient (Wildman–Crippen LogP) is 5.81. The second-order valence-electron chi connectivity index (χ2n) is 12.3. The molecule has 10 heteroatoms. The number of imidazole rings is 1. The number of aromatic nitrogens is 3. The Balaban J connectivity index is 0.998. The normalized spacial score (nSPS) is 19.3. The molecule has 4 aromatic rings. The van der Waals surface area contributed by atoms with Gasteiger partial charge in [0.05, 0.1) is 25.1 Å². The third-order valence-electron chi connectivity index (χ3n) is 7.94. The maximum atomic E-state index is 12.4. The molecule has 10 nitrogen and oxygen atoms in total. The van der Waals surface area contributed by atoms with Crippen molar-refractivity contribution < 1.29 is 18.8 Å². The van der Waals surface area contributed by atoms with E-state index in [2.05, 4.69) is 20.7 Å². The summed E-state index contributed by atoms with van der Waals surface area (Å²) in [6, 6.07) is 12.8. The molecule has 1 spiro atoms. The highest BCUT2D eigenvalue weighted by Gasteiger charge is 2.40. The summed E-state index contributed by atoms with van der Waals surface area (Å²) < 4.78 is 19.0. The highest BCUT2D eigenvalue weighted by molar-refractivity contribution is 5.99. The maximum absolute atomic E-state index is 12.4. The summed E-state index contributed by atoms with van der Waals surface area (Å²) in [5.74, 6) is 1.90. The van der Waals surface area contributed by atoms with Gasteiger partial charge in [-0.05, 0) is 50.1 Å².